The number of nitrogens with zero attached hydrogens (tertiary/aromatic N) is 3. The van der Waals surface area contributed by atoms with E-state index >= 15 is 0 Å². The van der Waals surface area contributed by atoms with Gasteiger partial charge in [0.25, 0.3) is 0 Å². The molecule has 0 aromatic heterocycles. The van der Waals surface area contributed by atoms with E-state index in [9.17, 15) is 13.2 Å². The molecule has 2 fully saturated rings. The van der Waals surface area contributed by atoms with Crippen LogP contribution in [0.15, 0.2) is 0 Å². The molecule has 0 spiro atoms. The average molecular weight is 304 g/mol. The highest BCUT2D eigenvalue weighted by molar-refractivity contribution is 7.88. The van der Waals surface area contributed by atoms with Gasteiger partial charge in [-0.3, -0.25) is 9.69 Å². The van der Waals surface area contributed by atoms with Crippen molar-refractivity contribution in [2.75, 3.05) is 58.6 Å². The zero-order chi connectivity index (χ0) is 14.8. The van der Waals surface area contributed by atoms with Gasteiger partial charge in [-0.25, -0.2) is 8.42 Å². The SMILES string of the molecule is CC1CN(CC(=O)N2CCN(S(C)(=O)=O)CC2)CCN1. The van der Waals surface area contributed by atoms with Crippen LogP contribution in [0.5, 0.6) is 0 Å². The van der Waals surface area contributed by atoms with Crippen LogP contribution in [0.3, 0.4) is 0 Å². The first-order chi connectivity index (χ1) is 9.36. The van der Waals surface area contributed by atoms with E-state index in [1.165, 1.54) is 10.6 Å². The molecule has 2 aliphatic rings. The molecule has 2 rings (SSSR count). The summed E-state index contributed by atoms with van der Waals surface area (Å²) in [6.07, 6.45) is 1.21. The van der Waals surface area contributed by atoms with Crippen LogP contribution < -0.4 is 5.32 Å². The van der Waals surface area contributed by atoms with E-state index in [1.54, 1.807) is 4.90 Å². The number of rotatable bonds is 3. The van der Waals surface area contributed by atoms with Gasteiger partial charge in [-0.2, -0.15) is 4.31 Å². The Morgan fingerprint density at radius 3 is 2.40 bits per heavy atom. The highest BCUT2D eigenvalue weighted by Crippen LogP contribution is 2.07. The monoisotopic (exact) mass is 304 g/mol. The molecule has 0 saturated carbocycles. The lowest BCUT2D eigenvalue weighted by Gasteiger charge is -2.36. The second-order valence-corrected chi connectivity index (χ2v) is 7.62. The summed E-state index contributed by atoms with van der Waals surface area (Å²) in [6.45, 7) is 7.03. The largest absolute Gasteiger partial charge is 0.339 e. The van der Waals surface area contributed by atoms with Crippen LogP contribution >= 0.6 is 0 Å². The van der Waals surface area contributed by atoms with Crippen LogP contribution in [0.1, 0.15) is 6.92 Å². The van der Waals surface area contributed by atoms with E-state index in [4.69, 9.17) is 0 Å². The van der Waals surface area contributed by atoms with Crippen molar-refractivity contribution in [2.45, 2.75) is 13.0 Å². The van der Waals surface area contributed by atoms with Crippen molar-refractivity contribution < 1.29 is 13.2 Å². The summed E-state index contributed by atoms with van der Waals surface area (Å²) in [5, 5.41) is 3.35. The maximum Gasteiger partial charge on any atom is 0.236 e. The van der Waals surface area contributed by atoms with Crippen LogP contribution in [0, 0.1) is 0 Å². The second kappa shape index (κ2) is 6.38. The van der Waals surface area contributed by atoms with Crippen molar-refractivity contribution in [1.29, 1.82) is 0 Å². The van der Waals surface area contributed by atoms with Gasteiger partial charge in [0.05, 0.1) is 12.8 Å². The van der Waals surface area contributed by atoms with E-state index in [0.717, 1.165) is 19.6 Å². The Labute approximate surface area is 120 Å². The predicted octanol–water partition coefficient (Wildman–Crippen LogP) is -1.62. The molecule has 2 aliphatic heterocycles. The molecule has 1 atom stereocenters. The van der Waals surface area contributed by atoms with Gasteiger partial charge in [-0.1, -0.05) is 0 Å². The van der Waals surface area contributed by atoms with E-state index in [1.807, 2.05) is 0 Å². The molecule has 0 aromatic carbocycles. The van der Waals surface area contributed by atoms with Gasteiger partial charge in [-0.15, -0.1) is 0 Å². The Morgan fingerprint density at radius 1 is 1.20 bits per heavy atom. The van der Waals surface area contributed by atoms with Crippen molar-refractivity contribution in [3.05, 3.63) is 0 Å². The Balaban J connectivity index is 1.80. The molecule has 1 amide bonds. The summed E-state index contributed by atoms with van der Waals surface area (Å²) in [5.41, 5.74) is 0. The summed E-state index contributed by atoms with van der Waals surface area (Å²) >= 11 is 0. The third kappa shape index (κ3) is 4.15. The molecule has 1 unspecified atom stereocenters. The molecule has 8 heteroatoms. The van der Waals surface area contributed by atoms with Gasteiger partial charge in [-0.05, 0) is 6.92 Å². The molecular formula is C12H24N4O3S. The fourth-order valence-electron chi connectivity index (χ4n) is 2.72. The lowest BCUT2D eigenvalue weighted by Crippen LogP contribution is -2.55. The van der Waals surface area contributed by atoms with Crippen molar-refractivity contribution in [3.8, 4) is 0 Å². The minimum absolute atomic E-state index is 0.104. The van der Waals surface area contributed by atoms with Gasteiger partial charge in [0, 0.05) is 51.9 Å². The first kappa shape index (κ1) is 15.7. The molecule has 1 N–H and O–H groups in total. The first-order valence-corrected chi connectivity index (χ1v) is 8.90. The number of hydrogen-bond donors (Lipinski definition) is 1. The Hall–Kier alpha value is -0.700. The summed E-state index contributed by atoms with van der Waals surface area (Å²) in [7, 11) is -3.13. The molecule has 116 valence electrons. The number of carbonyl (C=O) groups excluding carboxylic acids is 1. The van der Waals surface area contributed by atoms with Crippen molar-refractivity contribution in [2.24, 2.45) is 0 Å². The lowest BCUT2D eigenvalue weighted by atomic mass is 10.2. The fourth-order valence-corrected chi connectivity index (χ4v) is 3.54. The number of carbonyl (C=O) groups is 1. The standard InChI is InChI=1S/C12H24N4O3S/c1-11-9-14(4-3-13-11)10-12(17)15-5-7-16(8-6-15)20(2,18)19/h11,13H,3-10H2,1-2H3. The molecule has 2 heterocycles. The molecule has 0 aliphatic carbocycles. The molecular weight excluding hydrogens is 280 g/mol. The van der Waals surface area contributed by atoms with Gasteiger partial charge >= 0.3 is 0 Å². The Morgan fingerprint density at radius 2 is 1.85 bits per heavy atom. The number of piperazine rings is 2. The van der Waals surface area contributed by atoms with E-state index in [-0.39, 0.29) is 5.91 Å². The van der Waals surface area contributed by atoms with Gasteiger partial charge in [0.2, 0.25) is 15.9 Å². The second-order valence-electron chi connectivity index (χ2n) is 5.63. The number of nitrogens with one attached hydrogen (secondary N) is 1. The summed E-state index contributed by atoms with van der Waals surface area (Å²) in [6, 6.07) is 0.415. The predicted molar refractivity (Wildman–Crippen MR) is 76.9 cm³/mol. The third-order valence-corrected chi connectivity index (χ3v) is 5.18. The lowest BCUT2D eigenvalue weighted by molar-refractivity contribution is -0.133. The van der Waals surface area contributed by atoms with Crippen LogP contribution in [0.25, 0.3) is 0 Å². The molecule has 7 nitrogen and oxygen atoms in total. The van der Waals surface area contributed by atoms with Gasteiger partial charge in [0.1, 0.15) is 0 Å². The Bertz CT molecular complexity index is 446. The maximum absolute atomic E-state index is 12.2. The van der Waals surface area contributed by atoms with E-state index in [0.29, 0.717) is 38.8 Å². The first-order valence-electron chi connectivity index (χ1n) is 7.05. The maximum atomic E-state index is 12.2. The van der Waals surface area contributed by atoms with Gasteiger partial charge in [0.15, 0.2) is 0 Å². The van der Waals surface area contributed by atoms with Crippen LogP contribution in [-0.2, 0) is 14.8 Å². The fraction of sp³-hybridized carbons (Fsp3) is 0.917. The number of hydrogen-bond acceptors (Lipinski definition) is 5. The minimum atomic E-state index is -3.13. The van der Waals surface area contributed by atoms with Crippen LogP contribution in [0.4, 0.5) is 0 Å². The zero-order valence-corrected chi connectivity index (χ0v) is 13.0. The van der Waals surface area contributed by atoms with Crippen molar-refractivity contribution in [1.82, 2.24) is 19.4 Å². The molecule has 0 bridgehead atoms. The highest BCUT2D eigenvalue weighted by atomic mass is 32.2. The summed E-state index contributed by atoms with van der Waals surface area (Å²) in [4.78, 5) is 16.2. The zero-order valence-electron chi connectivity index (χ0n) is 12.2. The van der Waals surface area contributed by atoms with Crippen LogP contribution in [-0.4, -0.2) is 93.1 Å². The highest BCUT2D eigenvalue weighted by Gasteiger charge is 2.27. The van der Waals surface area contributed by atoms with Crippen molar-refractivity contribution >= 4 is 15.9 Å². The van der Waals surface area contributed by atoms with Crippen molar-refractivity contribution in [3.63, 3.8) is 0 Å². The molecule has 2 saturated heterocycles. The topological polar surface area (TPSA) is 73.0 Å². The number of sulfonamides is 1. The quantitative estimate of drug-likeness (QED) is 0.679. The Kier molecular flexibility index (Phi) is 5.00. The van der Waals surface area contributed by atoms with E-state index in [2.05, 4.69) is 17.1 Å². The average Bonchev–Trinajstić information content (AvgIpc) is 2.38. The number of amides is 1. The molecule has 20 heavy (non-hydrogen) atoms. The van der Waals surface area contributed by atoms with Crippen LogP contribution in [0.2, 0.25) is 0 Å². The molecule has 0 aromatic rings. The molecule has 0 radical (unpaired) electrons. The summed E-state index contributed by atoms with van der Waals surface area (Å²) < 4.78 is 24.3. The minimum Gasteiger partial charge on any atom is -0.339 e. The third-order valence-electron chi connectivity index (χ3n) is 3.87. The normalized spacial score (nSPS) is 26.7. The van der Waals surface area contributed by atoms with Gasteiger partial charge < -0.3 is 10.2 Å². The van der Waals surface area contributed by atoms with E-state index < -0.39 is 10.0 Å². The summed E-state index contributed by atoms with van der Waals surface area (Å²) in [5.74, 6) is 0.104. The smallest absolute Gasteiger partial charge is 0.236 e.